The summed E-state index contributed by atoms with van der Waals surface area (Å²) in [4.78, 5) is 6.64. The van der Waals surface area contributed by atoms with Gasteiger partial charge in [-0.15, -0.1) is 0 Å². The summed E-state index contributed by atoms with van der Waals surface area (Å²) in [5.41, 5.74) is 0. The summed E-state index contributed by atoms with van der Waals surface area (Å²) in [5.74, 6) is 2.38. The second-order valence-corrected chi connectivity index (χ2v) is 5.23. The van der Waals surface area contributed by atoms with Crippen molar-refractivity contribution in [3.8, 4) is 0 Å². The van der Waals surface area contributed by atoms with Crippen molar-refractivity contribution >= 4 is 17.7 Å². The Hall–Kier alpha value is -0.380. The maximum Gasteiger partial charge on any atom is 0.194 e. The van der Waals surface area contributed by atoms with E-state index in [1.54, 1.807) is 0 Å². The van der Waals surface area contributed by atoms with E-state index in [1.807, 2.05) is 0 Å². The van der Waals surface area contributed by atoms with E-state index in [0.717, 1.165) is 24.3 Å². The van der Waals surface area contributed by atoms with Gasteiger partial charge in [-0.05, 0) is 12.2 Å². The zero-order valence-electron chi connectivity index (χ0n) is 8.29. The molecule has 2 atom stereocenters. The Labute approximate surface area is 84.0 Å². The Balaban J connectivity index is 1.90. The van der Waals surface area contributed by atoms with Crippen LogP contribution in [-0.2, 0) is 0 Å². The van der Waals surface area contributed by atoms with Crippen molar-refractivity contribution < 1.29 is 0 Å². The van der Waals surface area contributed by atoms with Crippen LogP contribution in [0.15, 0.2) is 4.99 Å². The van der Waals surface area contributed by atoms with Crippen molar-refractivity contribution in [3.05, 3.63) is 0 Å². The maximum atomic E-state index is 4.44. The average Bonchev–Trinajstić information content (AvgIpc) is 2.65. The van der Waals surface area contributed by atoms with Crippen molar-refractivity contribution in [1.29, 1.82) is 0 Å². The Morgan fingerprint density at radius 1 is 1.62 bits per heavy atom. The highest BCUT2D eigenvalue weighted by atomic mass is 32.2. The number of guanidine groups is 1. The number of hydrogen-bond acceptors (Lipinski definition) is 4. The van der Waals surface area contributed by atoms with Crippen LogP contribution in [0, 0.1) is 0 Å². The molecular weight excluding hydrogens is 182 g/mol. The first-order chi connectivity index (χ1) is 6.27. The normalized spacial score (nSPS) is 33.7. The molecule has 0 spiro atoms. The first-order valence-electron chi connectivity index (χ1n) is 4.91. The molecule has 0 aromatic carbocycles. The number of rotatable bonds is 1. The van der Waals surface area contributed by atoms with Crippen LogP contribution in [0.3, 0.4) is 0 Å². The molecule has 0 bridgehead atoms. The van der Waals surface area contributed by atoms with Crippen molar-refractivity contribution in [1.82, 2.24) is 10.2 Å². The summed E-state index contributed by atoms with van der Waals surface area (Å²) in [5, 5.41) is 4.27. The molecule has 0 amide bonds. The molecule has 13 heavy (non-hydrogen) atoms. The van der Waals surface area contributed by atoms with Gasteiger partial charge in [0.05, 0.1) is 6.54 Å². The van der Waals surface area contributed by atoms with Crippen LogP contribution in [0.2, 0.25) is 0 Å². The number of nitrogens with zero attached hydrogens (tertiary/aromatic N) is 2. The highest BCUT2D eigenvalue weighted by molar-refractivity contribution is 8.00. The fourth-order valence-electron chi connectivity index (χ4n) is 1.78. The summed E-state index contributed by atoms with van der Waals surface area (Å²) in [6.45, 7) is 4.31. The molecule has 1 saturated heterocycles. The van der Waals surface area contributed by atoms with E-state index in [2.05, 4.69) is 40.9 Å². The first-order valence-corrected chi connectivity index (χ1v) is 5.96. The average molecular weight is 199 g/mol. The summed E-state index contributed by atoms with van der Waals surface area (Å²) in [7, 11) is 2.10. The van der Waals surface area contributed by atoms with Gasteiger partial charge in [0, 0.05) is 24.9 Å². The van der Waals surface area contributed by atoms with Crippen LogP contribution in [-0.4, -0.2) is 48.0 Å². The van der Waals surface area contributed by atoms with Crippen LogP contribution in [0.5, 0.6) is 0 Å². The van der Waals surface area contributed by atoms with Gasteiger partial charge in [0.2, 0.25) is 0 Å². The molecule has 1 N–H and O–H groups in total. The number of likely N-dealkylation sites (N-methyl/N-ethyl adjacent to an activating group) is 1. The predicted molar refractivity (Wildman–Crippen MR) is 58.4 cm³/mol. The fraction of sp³-hybridized carbons (Fsp3) is 0.889. The second-order valence-electron chi connectivity index (χ2n) is 3.74. The quantitative estimate of drug-likeness (QED) is 0.676. The molecule has 0 saturated carbocycles. The van der Waals surface area contributed by atoms with Gasteiger partial charge in [0.1, 0.15) is 0 Å². The minimum Gasteiger partial charge on any atom is -0.352 e. The zero-order chi connectivity index (χ0) is 9.26. The third-order valence-electron chi connectivity index (χ3n) is 2.75. The smallest absolute Gasteiger partial charge is 0.194 e. The molecule has 2 rings (SSSR count). The number of aliphatic imine (C=N–C) groups is 1. The zero-order valence-corrected chi connectivity index (χ0v) is 9.10. The summed E-state index contributed by atoms with van der Waals surface area (Å²) >= 11 is 2.05. The molecule has 2 aliphatic rings. The van der Waals surface area contributed by atoms with Gasteiger partial charge in [0.25, 0.3) is 0 Å². The van der Waals surface area contributed by atoms with Crippen LogP contribution >= 0.6 is 11.8 Å². The fourth-order valence-corrected chi connectivity index (χ4v) is 2.97. The number of thioether (sulfide) groups is 1. The summed E-state index contributed by atoms with van der Waals surface area (Å²) in [6, 6.07) is 0.629. The lowest BCUT2D eigenvalue weighted by Gasteiger charge is -2.22. The largest absolute Gasteiger partial charge is 0.352 e. The molecule has 0 aliphatic carbocycles. The van der Waals surface area contributed by atoms with Gasteiger partial charge in [0.15, 0.2) is 5.96 Å². The lowest BCUT2D eigenvalue weighted by molar-refractivity contribution is 0.505. The molecule has 4 heteroatoms. The van der Waals surface area contributed by atoms with Crippen LogP contribution in [0.1, 0.15) is 13.3 Å². The lowest BCUT2D eigenvalue weighted by atomic mass is 10.2. The second kappa shape index (κ2) is 3.78. The van der Waals surface area contributed by atoms with E-state index < -0.39 is 0 Å². The minimum atomic E-state index is 0.629. The lowest BCUT2D eigenvalue weighted by Crippen LogP contribution is -2.44. The van der Waals surface area contributed by atoms with E-state index in [1.165, 1.54) is 12.2 Å². The summed E-state index contributed by atoms with van der Waals surface area (Å²) < 4.78 is 0. The molecule has 3 nitrogen and oxygen atoms in total. The third-order valence-corrected chi connectivity index (χ3v) is 4.08. The molecule has 0 radical (unpaired) electrons. The Bertz CT molecular complexity index is 217. The van der Waals surface area contributed by atoms with Crippen molar-refractivity contribution in [2.24, 2.45) is 4.99 Å². The van der Waals surface area contributed by atoms with Crippen LogP contribution in [0.25, 0.3) is 0 Å². The van der Waals surface area contributed by atoms with Gasteiger partial charge in [-0.3, -0.25) is 4.99 Å². The van der Waals surface area contributed by atoms with Crippen molar-refractivity contribution in [2.75, 3.05) is 25.9 Å². The van der Waals surface area contributed by atoms with Gasteiger partial charge < -0.3 is 10.2 Å². The van der Waals surface area contributed by atoms with E-state index in [-0.39, 0.29) is 0 Å². The minimum absolute atomic E-state index is 0.629. The van der Waals surface area contributed by atoms with E-state index in [0.29, 0.717) is 6.04 Å². The monoisotopic (exact) mass is 199 g/mol. The molecular formula is C9H17N3S. The van der Waals surface area contributed by atoms with Gasteiger partial charge in [-0.25, -0.2) is 0 Å². The predicted octanol–water partition coefficient (Wildman–Crippen LogP) is 0.771. The SMILES string of the molecule is CC1SCCC1NC1=NCCN1C. The van der Waals surface area contributed by atoms with E-state index in [9.17, 15) is 0 Å². The standard InChI is InChI=1S/C9H17N3S/c1-7-8(3-6-13-7)11-9-10-4-5-12(9)2/h7-8H,3-6H2,1-2H3,(H,10,11). The molecule has 0 aromatic heterocycles. The highest BCUT2D eigenvalue weighted by Crippen LogP contribution is 2.26. The first kappa shape index (κ1) is 9.19. The van der Waals surface area contributed by atoms with Crippen LogP contribution < -0.4 is 5.32 Å². The molecule has 2 unspecified atom stereocenters. The maximum absolute atomic E-state index is 4.44. The van der Waals surface area contributed by atoms with E-state index >= 15 is 0 Å². The van der Waals surface area contributed by atoms with Crippen molar-refractivity contribution in [2.45, 2.75) is 24.6 Å². The highest BCUT2D eigenvalue weighted by Gasteiger charge is 2.26. The Morgan fingerprint density at radius 3 is 3.00 bits per heavy atom. The molecule has 0 aromatic rings. The molecule has 2 aliphatic heterocycles. The topological polar surface area (TPSA) is 27.6 Å². The molecule has 1 fully saturated rings. The molecule has 2 heterocycles. The van der Waals surface area contributed by atoms with E-state index in [4.69, 9.17) is 0 Å². The third kappa shape index (κ3) is 1.93. The Kier molecular flexibility index (Phi) is 2.67. The van der Waals surface area contributed by atoms with Crippen LogP contribution in [0.4, 0.5) is 0 Å². The number of nitrogens with one attached hydrogen (secondary N) is 1. The molecule has 74 valence electrons. The Morgan fingerprint density at radius 2 is 2.46 bits per heavy atom. The van der Waals surface area contributed by atoms with Gasteiger partial charge in [-0.1, -0.05) is 6.92 Å². The summed E-state index contributed by atoms with van der Waals surface area (Å²) in [6.07, 6.45) is 1.28. The number of hydrogen-bond donors (Lipinski definition) is 1. The van der Waals surface area contributed by atoms with Gasteiger partial charge in [-0.2, -0.15) is 11.8 Å². The van der Waals surface area contributed by atoms with Gasteiger partial charge >= 0.3 is 0 Å². The van der Waals surface area contributed by atoms with Crippen molar-refractivity contribution in [3.63, 3.8) is 0 Å².